The van der Waals surface area contributed by atoms with Gasteiger partial charge in [-0.2, -0.15) is 0 Å². The van der Waals surface area contributed by atoms with Gasteiger partial charge in [0.1, 0.15) is 0 Å². The van der Waals surface area contributed by atoms with Gasteiger partial charge in [0.15, 0.2) is 0 Å². The average molecular weight is 550 g/mol. The van der Waals surface area contributed by atoms with Crippen molar-refractivity contribution in [3.63, 3.8) is 0 Å². The molecule has 0 N–H and O–H groups in total. The summed E-state index contributed by atoms with van der Waals surface area (Å²) in [6, 6.07) is 0. The number of methoxy groups -OCH3 is 1. The topological polar surface area (TPSA) is 43.4 Å². The summed E-state index contributed by atoms with van der Waals surface area (Å²) >= 11 is 1.52. The molecular formula is C17H39N2O4PW. The van der Waals surface area contributed by atoms with Crippen LogP contribution in [-0.2, 0) is 37.5 Å². The van der Waals surface area contributed by atoms with Gasteiger partial charge in [-0.3, -0.25) is 0 Å². The Labute approximate surface area is 165 Å². The molecule has 0 aliphatic carbocycles. The number of ether oxygens (including phenoxy) is 3. The molecule has 0 bridgehead atoms. The zero-order chi connectivity index (χ0) is 17.0. The predicted octanol–water partition coefficient (Wildman–Crippen LogP) is 2.67. The third-order valence-corrected chi connectivity index (χ3v) is 9.79. The minimum absolute atomic E-state index is 0. The summed E-state index contributed by atoms with van der Waals surface area (Å²) < 4.78 is 26.1. The first-order valence-electron chi connectivity index (χ1n) is 8.26. The van der Waals surface area contributed by atoms with Gasteiger partial charge in [-0.25, -0.2) is 0 Å². The molecule has 25 heavy (non-hydrogen) atoms. The van der Waals surface area contributed by atoms with Gasteiger partial charge in [-0.15, -0.1) is 0 Å². The molecule has 2 saturated heterocycles. The molecule has 2 aliphatic rings. The van der Waals surface area contributed by atoms with Crippen molar-refractivity contribution < 1.29 is 37.5 Å². The first-order chi connectivity index (χ1) is 10.8. The maximum atomic E-state index is 6.41. The number of rotatable bonds is 6. The van der Waals surface area contributed by atoms with Crippen molar-refractivity contribution in [2.75, 3.05) is 60.2 Å². The van der Waals surface area contributed by atoms with Gasteiger partial charge in [0.2, 0.25) is 0 Å². The molecule has 2 fully saturated rings. The summed E-state index contributed by atoms with van der Waals surface area (Å²) in [6.45, 7) is 11.7. The summed E-state index contributed by atoms with van der Waals surface area (Å²) in [7, 11) is 3.88. The Kier molecular flexibility index (Phi) is 12.1. The van der Waals surface area contributed by atoms with Gasteiger partial charge in [-0.1, -0.05) is 14.9 Å². The Hall–Kier alpha value is 0.878. The summed E-state index contributed by atoms with van der Waals surface area (Å²) in [6.07, 6.45) is 0.827. The third kappa shape index (κ3) is 8.19. The number of morpholine rings is 2. The van der Waals surface area contributed by atoms with E-state index in [2.05, 4.69) is 37.1 Å². The van der Waals surface area contributed by atoms with Gasteiger partial charge >= 0.3 is 151 Å². The van der Waals surface area contributed by atoms with E-state index in [4.69, 9.17) is 18.7 Å². The Morgan fingerprint density at radius 1 is 1.00 bits per heavy atom. The van der Waals surface area contributed by atoms with Crippen molar-refractivity contribution in [2.24, 2.45) is 0 Å². The van der Waals surface area contributed by atoms with Crippen LogP contribution in [-0.4, -0.2) is 94.2 Å². The van der Waals surface area contributed by atoms with Crippen molar-refractivity contribution >= 4 is 5.27 Å². The van der Waals surface area contributed by atoms with Gasteiger partial charge in [0.05, 0.1) is 0 Å². The van der Waals surface area contributed by atoms with Crippen LogP contribution in [0.5, 0.6) is 0 Å². The molecule has 0 spiro atoms. The molecule has 8 heteroatoms. The Morgan fingerprint density at radius 2 is 1.56 bits per heavy atom. The van der Waals surface area contributed by atoms with Crippen LogP contribution in [0.2, 0.25) is 0 Å². The van der Waals surface area contributed by atoms with Crippen LogP contribution in [0, 0.1) is 0 Å². The number of nitrogens with zero attached hydrogens (tertiary/aromatic N) is 2. The summed E-state index contributed by atoms with van der Waals surface area (Å²) in [5, 5.41) is -1.54. The van der Waals surface area contributed by atoms with E-state index in [0.29, 0.717) is 13.2 Å². The van der Waals surface area contributed by atoms with Gasteiger partial charge in [0.25, 0.3) is 0 Å². The van der Waals surface area contributed by atoms with Gasteiger partial charge < -0.3 is 0 Å². The second-order valence-corrected chi connectivity index (χ2v) is 16.5. The predicted molar refractivity (Wildman–Crippen MR) is 102 cm³/mol. The second kappa shape index (κ2) is 11.7. The molecule has 0 saturated carbocycles. The molecule has 0 aromatic heterocycles. The van der Waals surface area contributed by atoms with Crippen molar-refractivity contribution in [3.8, 4) is 0 Å². The minimum atomic E-state index is -1.54. The standard InChI is InChI=1S/C15H31N2O4P.2CH4.W/c1-12-6-16(3)8-14(20-12)11-19-22(5)17-7-13(2)21-15(9-17)10-18-4;;;/h12-15H,6-11H2,1-5H3;2*1H4;. The number of hydrogen-bond acceptors (Lipinski definition) is 6. The summed E-state index contributed by atoms with van der Waals surface area (Å²) in [5.41, 5.74) is 0. The fourth-order valence-corrected chi connectivity index (χ4v) is 6.97. The van der Waals surface area contributed by atoms with Crippen molar-refractivity contribution in [1.29, 1.82) is 0 Å². The molecule has 0 aromatic carbocycles. The molecule has 5 unspecified atom stereocenters. The molecule has 6 nitrogen and oxygen atoms in total. The van der Waals surface area contributed by atoms with Crippen LogP contribution in [0.3, 0.4) is 0 Å². The van der Waals surface area contributed by atoms with E-state index < -0.39 is 5.27 Å². The Morgan fingerprint density at radius 3 is 2.12 bits per heavy atom. The first-order valence-corrected chi connectivity index (χ1v) is 14.2. The van der Waals surface area contributed by atoms with E-state index in [-0.39, 0.29) is 39.3 Å². The monoisotopic (exact) mass is 550 g/mol. The molecule has 2 rings (SSSR count). The molecule has 2 heterocycles. The van der Waals surface area contributed by atoms with Crippen LogP contribution >= 0.6 is 5.27 Å². The first kappa shape index (κ1) is 25.9. The third-order valence-electron chi connectivity index (χ3n) is 4.18. The Balaban J connectivity index is 0.00000288. The zero-order valence-corrected chi connectivity index (χ0v) is 18.8. The van der Waals surface area contributed by atoms with E-state index in [0.717, 1.165) is 26.2 Å². The van der Waals surface area contributed by atoms with Crippen LogP contribution in [0.4, 0.5) is 0 Å². The van der Waals surface area contributed by atoms with Crippen molar-refractivity contribution in [1.82, 2.24) is 9.57 Å². The number of hydrogen-bond donors (Lipinski definition) is 0. The molecule has 152 valence electrons. The Bertz CT molecular complexity index is 419. The molecule has 5 atom stereocenters. The van der Waals surface area contributed by atoms with Crippen molar-refractivity contribution in [3.05, 3.63) is 0 Å². The average Bonchev–Trinajstić information content (AvgIpc) is 2.44. The molecular weight excluding hydrogens is 511 g/mol. The molecule has 2 aliphatic heterocycles. The van der Waals surface area contributed by atoms with E-state index >= 15 is 0 Å². The van der Waals surface area contributed by atoms with E-state index in [1.807, 2.05) is 0 Å². The molecule has 0 radical (unpaired) electrons. The summed E-state index contributed by atoms with van der Waals surface area (Å²) in [5.74, 6) is 0. The molecule has 0 amide bonds. The van der Waals surface area contributed by atoms with E-state index in [9.17, 15) is 0 Å². The maximum absolute atomic E-state index is 6.41. The van der Waals surface area contributed by atoms with Crippen LogP contribution < -0.4 is 0 Å². The van der Waals surface area contributed by atoms with Gasteiger partial charge in [-0.05, 0) is 0 Å². The van der Waals surface area contributed by atoms with Gasteiger partial charge in [0, 0.05) is 0 Å². The zero-order valence-electron chi connectivity index (χ0n) is 14.9. The van der Waals surface area contributed by atoms with Crippen LogP contribution in [0.25, 0.3) is 0 Å². The van der Waals surface area contributed by atoms with E-state index in [1.54, 1.807) is 7.11 Å². The fraction of sp³-hybridized carbons (Fsp3) is 1.00. The number of likely N-dealkylation sites (N-methyl/N-ethyl adjacent to an activating group) is 1. The van der Waals surface area contributed by atoms with Crippen LogP contribution in [0.1, 0.15) is 28.7 Å². The van der Waals surface area contributed by atoms with E-state index in [1.165, 1.54) is 18.8 Å². The van der Waals surface area contributed by atoms with Crippen molar-refractivity contribution in [2.45, 2.75) is 53.1 Å². The summed E-state index contributed by atoms with van der Waals surface area (Å²) in [4.78, 5) is 2.33. The SMILES string of the molecule is C.C.COCC1CN([P](C)(=[W])OCC2CN(C)CC(C)O2)CC(C)O1. The second-order valence-electron chi connectivity index (χ2n) is 6.78. The quantitative estimate of drug-likeness (QED) is 0.475. The van der Waals surface area contributed by atoms with Crippen LogP contribution in [0.15, 0.2) is 0 Å². The fourth-order valence-electron chi connectivity index (χ4n) is 3.27. The normalized spacial score (nSPS) is 33.8. The molecule has 0 aromatic rings.